The number of nitrogens with zero attached hydrogens (tertiary/aromatic N) is 1. The SMILES string of the molecule is CCCN1C(=O)C(=O)/C(=C(\O)c2ccc(OCC)c(C)c2)C1c1ccccc1. The van der Waals surface area contributed by atoms with Crippen LogP contribution in [0.3, 0.4) is 0 Å². The summed E-state index contributed by atoms with van der Waals surface area (Å²) >= 11 is 0. The van der Waals surface area contributed by atoms with Gasteiger partial charge in [-0.25, -0.2) is 0 Å². The molecule has 146 valence electrons. The van der Waals surface area contributed by atoms with Crippen LogP contribution in [0, 0.1) is 6.92 Å². The molecule has 0 radical (unpaired) electrons. The first-order chi connectivity index (χ1) is 13.5. The number of hydrogen-bond acceptors (Lipinski definition) is 4. The molecule has 28 heavy (non-hydrogen) atoms. The molecule has 1 saturated heterocycles. The van der Waals surface area contributed by atoms with E-state index < -0.39 is 17.7 Å². The van der Waals surface area contributed by atoms with Crippen LogP contribution < -0.4 is 4.74 Å². The van der Waals surface area contributed by atoms with Gasteiger partial charge in [0.05, 0.1) is 18.2 Å². The summed E-state index contributed by atoms with van der Waals surface area (Å²) < 4.78 is 5.55. The number of rotatable bonds is 6. The number of aryl methyl sites for hydroxylation is 1. The molecule has 2 aromatic rings. The van der Waals surface area contributed by atoms with Crippen molar-refractivity contribution in [3.63, 3.8) is 0 Å². The molecule has 2 aromatic carbocycles. The molecular weight excluding hydrogens is 354 g/mol. The van der Waals surface area contributed by atoms with Crippen molar-refractivity contribution in [2.45, 2.75) is 33.2 Å². The highest BCUT2D eigenvalue weighted by Gasteiger charge is 2.45. The van der Waals surface area contributed by atoms with Gasteiger partial charge in [-0.15, -0.1) is 0 Å². The fourth-order valence-electron chi connectivity index (χ4n) is 3.60. The van der Waals surface area contributed by atoms with Gasteiger partial charge in [0.2, 0.25) is 0 Å². The molecule has 1 unspecified atom stereocenters. The average molecular weight is 379 g/mol. The highest BCUT2D eigenvalue weighted by Crippen LogP contribution is 2.39. The highest BCUT2D eigenvalue weighted by molar-refractivity contribution is 6.46. The molecule has 1 amide bonds. The molecule has 1 atom stereocenters. The van der Waals surface area contributed by atoms with Gasteiger partial charge >= 0.3 is 0 Å². The topological polar surface area (TPSA) is 66.8 Å². The lowest BCUT2D eigenvalue weighted by Crippen LogP contribution is -2.30. The van der Waals surface area contributed by atoms with Gasteiger partial charge in [0.25, 0.3) is 11.7 Å². The fourth-order valence-corrected chi connectivity index (χ4v) is 3.60. The number of amides is 1. The van der Waals surface area contributed by atoms with Crippen molar-refractivity contribution in [3.05, 3.63) is 70.8 Å². The third-order valence-corrected chi connectivity index (χ3v) is 4.87. The Morgan fingerprint density at radius 1 is 1.11 bits per heavy atom. The van der Waals surface area contributed by atoms with Crippen molar-refractivity contribution < 1.29 is 19.4 Å². The van der Waals surface area contributed by atoms with E-state index in [0.717, 1.165) is 23.3 Å². The molecule has 0 aliphatic carbocycles. The molecule has 1 N–H and O–H groups in total. The lowest BCUT2D eigenvalue weighted by Gasteiger charge is -2.24. The lowest BCUT2D eigenvalue weighted by molar-refractivity contribution is -0.139. The van der Waals surface area contributed by atoms with E-state index in [0.29, 0.717) is 18.7 Å². The quantitative estimate of drug-likeness (QED) is 0.463. The number of aliphatic hydroxyl groups is 1. The van der Waals surface area contributed by atoms with Gasteiger partial charge < -0.3 is 14.7 Å². The average Bonchev–Trinajstić information content (AvgIpc) is 2.95. The van der Waals surface area contributed by atoms with Crippen LogP contribution in [0.4, 0.5) is 0 Å². The Kier molecular flexibility index (Phi) is 5.83. The summed E-state index contributed by atoms with van der Waals surface area (Å²) in [6.45, 7) is 6.73. The Morgan fingerprint density at radius 2 is 1.82 bits per heavy atom. The first kappa shape index (κ1) is 19.7. The van der Waals surface area contributed by atoms with Gasteiger partial charge in [-0.2, -0.15) is 0 Å². The maximum absolute atomic E-state index is 12.8. The van der Waals surface area contributed by atoms with Gasteiger partial charge in [0.15, 0.2) is 0 Å². The Hall–Kier alpha value is -3.08. The molecule has 1 fully saturated rings. The molecule has 0 aromatic heterocycles. The third-order valence-electron chi connectivity index (χ3n) is 4.87. The predicted octanol–water partition coefficient (Wildman–Crippen LogP) is 4.23. The zero-order valence-electron chi connectivity index (χ0n) is 16.4. The van der Waals surface area contributed by atoms with E-state index in [4.69, 9.17) is 4.74 Å². The van der Waals surface area contributed by atoms with Crippen LogP contribution >= 0.6 is 0 Å². The predicted molar refractivity (Wildman–Crippen MR) is 108 cm³/mol. The van der Waals surface area contributed by atoms with Gasteiger partial charge in [-0.1, -0.05) is 37.3 Å². The molecule has 1 heterocycles. The smallest absolute Gasteiger partial charge is 0.295 e. The van der Waals surface area contributed by atoms with Crippen molar-refractivity contribution in [3.8, 4) is 5.75 Å². The highest BCUT2D eigenvalue weighted by atomic mass is 16.5. The minimum Gasteiger partial charge on any atom is -0.507 e. The molecule has 3 rings (SSSR count). The molecule has 1 aliphatic rings. The van der Waals surface area contributed by atoms with Gasteiger partial charge in [-0.3, -0.25) is 9.59 Å². The number of carbonyl (C=O) groups is 2. The summed E-state index contributed by atoms with van der Waals surface area (Å²) in [6.07, 6.45) is 0.721. The number of ether oxygens (including phenoxy) is 1. The maximum atomic E-state index is 12.8. The van der Waals surface area contributed by atoms with Crippen molar-refractivity contribution in [2.24, 2.45) is 0 Å². The van der Waals surface area contributed by atoms with Crippen LogP contribution in [0.1, 0.15) is 43.0 Å². The Morgan fingerprint density at radius 3 is 2.43 bits per heavy atom. The third kappa shape index (κ3) is 3.52. The number of carbonyl (C=O) groups excluding carboxylic acids is 2. The monoisotopic (exact) mass is 379 g/mol. The van der Waals surface area contributed by atoms with Crippen LogP contribution in [-0.2, 0) is 9.59 Å². The Bertz CT molecular complexity index is 917. The van der Waals surface area contributed by atoms with Crippen molar-refractivity contribution >= 4 is 17.4 Å². The van der Waals surface area contributed by atoms with E-state index in [1.807, 2.05) is 51.1 Å². The largest absolute Gasteiger partial charge is 0.507 e. The number of likely N-dealkylation sites (tertiary alicyclic amines) is 1. The van der Waals surface area contributed by atoms with Crippen molar-refractivity contribution in [1.29, 1.82) is 0 Å². The second-order valence-electron chi connectivity index (χ2n) is 6.82. The molecule has 5 nitrogen and oxygen atoms in total. The summed E-state index contributed by atoms with van der Waals surface area (Å²) in [4.78, 5) is 27.0. The minimum atomic E-state index is -0.647. The van der Waals surface area contributed by atoms with E-state index in [-0.39, 0.29) is 11.3 Å². The first-order valence-electron chi connectivity index (χ1n) is 9.56. The van der Waals surface area contributed by atoms with Gasteiger partial charge in [-0.05, 0) is 49.6 Å². The summed E-state index contributed by atoms with van der Waals surface area (Å²) in [6, 6.07) is 14.0. The summed E-state index contributed by atoms with van der Waals surface area (Å²) in [5, 5.41) is 11.0. The van der Waals surface area contributed by atoms with Crippen LogP contribution in [0.25, 0.3) is 5.76 Å². The van der Waals surface area contributed by atoms with Crippen LogP contribution in [-0.4, -0.2) is 34.8 Å². The standard InChI is InChI=1S/C23H25NO4/c1-4-13-24-20(16-9-7-6-8-10-16)19(22(26)23(24)27)21(25)17-11-12-18(28-5-2)15(3)14-17/h6-12,14,20,25H,4-5,13H2,1-3H3/b21-19-. The zero-order valence-corrected chi connectivity index (χ0v) is 16.4. The second-order valence-corrected chi connectivity index (χ2v) is 6.82. The fraction of sp³-hybridized carbons (Fsp3) is 0.304. The Balaban J connectivity index is 2.14. The van der Waals surface area contributed by atoms with E-state index >= 15 is 0 Å². The molecule has 0 bridgehead atoms. The molecule has 1 aliphatic heterocycles. The minimum absolute atomic E-state index is 0.133. The van der Waals surface area contributed by atoms with E-state index in [2.05, 4.69) is 0 Å². The zero-order chi connectivity index (χ0) is 20.3. The summed E-state index contributed by atoms with van der Waals surface area (Å²) in [5.41, 5.74) is 2.29. The van der Waals surface area contributed by atoms with E-state index in [1.165, 1.54) is 0 Å². The van der Waals surface area contributed by atoms with Crippen molar-refractivity contribution in [2.75, 3.05) is 13.2 Å². The number of ketones is 1. The van der Waals surface area contributed by atoms with E-state index in [9.17, 15) is 14.7 Å². The van der Waals surface area contributed by atoms with Crippen LogP contribution in [0.5, 0.6) is 5.75 Å². The van der Waals surface area contributed by atoms with E-state index in [1.54, 1.807) is 23.1 Å². The number of hydrogen-bond donors (Lipinski definition) is 1. The number of benzene rings is 2. The van der Waals surface area contributed by atoms with Crippen molar-refractivity contribution in [1.82, 2.24) is 4.90 Å². The molecule has 0 spiro atoms. The van der Waals surface area contributed by atoms with Gasteiger partial charge in [0.1, 0.15) is 11.5 Å². The second kappa shape index (κ2) is 8.30. The number of Topliss-reactive ketones (excluding diaryl/α,β-unsaturated/α-hetero) is 1. The molecule has 0 saturated carbocycles. The normalized spacial score (nSPS) is 18.5. The molecule has 5 heteroatoms. The summed E-state index contributed by atoms with van der Waals surface area (Å²) in [5.74, 6) is -0.645. The first-order valence-corrected chi connectivity index (χ1v) is 9.56. The summed E-state index contributed by atoms with van der Waals surface area (Å²) in [7, 11) is 0. The number of aliphatic hydroxyl groups excluding tert-OH is 1. The molecular formula is C23H25NO4. The maximum Gasteiger partial charge on any atom is 0.295 e. The van der Waals surface area contributed by atoms with Crippen LogP contribution in [0.15, 0.2) is 54.1 Å². The van der Waals surface area contributed by atoms with Crippen LogP contribution in [0.2, 0.25) is 0 Å². The van der Waals surface area contributed by atoms with Gasteiger partial charge in [0, 0.05) is 12.1 Å². The lowest BCUT2D eigenvalue weighted by atomic mass is 9.95. The Labute approximate surface area is 165 Å².